The second kappa shape index (κ2) is 15.2. The highest BCUT2D eigenvalue weighted by Gasteiger charge is 2.59. The van der Waals surface area contributed by atoms with E-state index in [1.54, 1.807) is 22.3 Å². The molecule has 290 valence electrons. The minimum Gasteiger partial charge on any atom is -0.481 e. The Morgan fingerprint density at radius 3 is 1.37 bits per heavy atom. The lowest BCUT2D eigenvalue weighted by atomic mass is 9.47. The number of hydrogen-bond donors (Lipinski definition) is 2. The van der Waals surface area contributed by atoms with Crippen molar-refractivity contribution in [1.82, 2.24) is 0 Å². The van der Waals surface area contributed by atoms with Crippen molar-refractivity contribution in [2.75, 3.05) is 0 Å². The molecule has 0 aliphatic heterocycles. The predicted molar refractivity (Wildman–Crippen MR) is 214 cm³/mol. The number of hydrogen-bond acceptors (Lipinski definition) is 2. The van der Waals surface area contributed by atoms with Gasteiger partial charge in [-0.3, -0.25) is 9.59 Å². The second-order valence-electron chi connectivity index (χ2n) is 20.3. The van der Waals surface area contributed by atoms with Gasteiger partial charge in [0.05, 0.1) is 10.8 Å². The Bertz CT molecular complexity index is 1370. The fourth-order valence-corrected chi connectivity index (χ4v) is 13.6. The maximum absolute atomic E-state index is 12.6. The summed E-state index contributed by atoms with van der Waals surface area (Å²) in [6, 6.07) is 0. The van der Waals surface area contributed by atoms with Crippen LogP contribution in [-0.2, 0) is 9.59 Å². The van der Waals surface area contributed by atoms with E-state index in [-0.39, 0.29) is 22.7 Å². The lowest BCUT2D eigenvalue weighted by molar-refractivity contribution is -0.163. The van der Waals surface area contributed by atoms with Gasteiger partial charge in [0.25, 0.3) is 0 Å². The van der Waals surface area contributed by atoms with Crippen molar-refractivity contribution in [2.45, 2.75) is 171 Å². The molecule has 0 saturated heterocycles. The number of aliphatic carboxylic acids is 2. The molecule has 0 aromatic heterocycles. The van der Waals surface area contributed by atoms with Crippen molar-refractivity contribution in [2.24, 2.45) is 69.0 Å². The zero-order chi connectivity index (χ0) is 37.6. The Kier molecular flexibility index (Phi) is 11.6. The van der Waals surface area contributed by atoms with E-state index in [0.717, 1.165) is 64.2 Å². The standard InChI is InChI=1S/C48H74O4/c1-31(2)33-17-21-39-37(19-23-41-45(39,5)25-13-27-47(41,7)43(49)50)35(29-33)15-11-9-10-12-16-36-30-34(32(3)4)18-22-40-38(36)20-24-42-46(40,6)26-14-28-48(42,8)44(51)52/h19-20,29-32,35-36,39-42H,9-18,21-28H2,1-8H3,(H,49,50)(H,51,52). The van der Waals surface area contributed by atoms with Gasteiger partial charge in [0, 0.05) is 0 Å². The van der Waals surface area contributed by atoms with Gasteiger partial charge in [0.1, 0.15) is 0 Å². The predicted octanol–water partition coefficient (Wildman–Crippen LogP) is 13.0. The number of allylic oxidation sites excluding steroid dienone is 8. The lowest BCUT2D eigenvalue weighted by Gasteiger charge is -2.57. The molecule has 0 aromatic carbocycles. The summed E-state index contributed by atoms with van der Waals surface area (Å²) in [5.41, 5.74) is 5.45. The van der Waals surface area contributed by atoms with E-state index >= 15 is 0 Å². The first-order chi connectivity index (χ1) is 24.6. The fraction of sp³-hybridized carbons (Fsp3) is 0.792. The number of carbonyl (C=O) groups is 2. The molecule has 0 radical (unpaired) electrons. The molecule has 0 bridgehead atoms. The summed E-state index contributed by atoms with van der Waals surface area (Å²) in [4.78, 5) is 25.3. The summed E-state index contributed by atoms with van der Waals surface area (Å²) in [6.07, 6.45) is 30.4. The molecule has 4 nitrogen and oxygen atoms in total. The van der Waals surface area contributed by atoms with Gasteiger partial charge in [-0.15, -0.1) is 0 Å². The molecule has 6 aliphatic rings. The summed E-state index contributed by atoms with van der Waals surface area (Å²) in [5, 5.41) is 20.8. The zero-order valence-electron chi connectivity index (χ0n) is 34.4. The molecule has 4 heteroatoms. The maximum atomic E-state index is 12.6. The van der Waals surface area contributed by atoms with E-state index in [2.05, 4.69) is 65.8 Å². The van der Waals surface area contributed by atoms with Gasteiger partial charge in [0.2, 0.25) is 0 Å². The smallest absolute Gasteiger partial charge is 0.309 e. The second-order valence-corrected chi connectivity index (χ2v) is 20.3. The summed E-state index contributed by atoms with van der Waals surface area (Å²) in [6.45, 7) is 18.5. The van der Waals surface area contributed by atoms with Gasteiger partial charge < -0.3 is 10.2 Å². The zero-order valence-corrected chi connectivity index (χ0v) is 34.4. The van der Waals surface area contributed by atoms with Crippen LogP contribution in [0.5, 0.6) is 0 Å². The Labute approximate surface area is 317 Å². The van der Waals surface area contributed by atoms with E-state index < -0.39 is 22.8 Å². The van der Waals surface area contributed by atoms with Crippen LogP contribution in [-0.4, -0.2) is 22.2 Å². The van der Waals surface area contributed by atoms with Crippen LogP contribution in [0.2, 0.25) is 0 Å². The number of carboxylic acid groups (broad SMARTS) is 2. The van der Waals surface area contributed by atoms with E-state index in [0.29, 0.717) is 35.5 Å². The van der Waals surface area contributed by atoms with E-state index in [9.17, 15) is 19.8 Å². The van der Waals surface area contributed by atoms with Crippen LogP contribution < -0.4 is 0 Å². The highest BCUT2D eigenvalue weighted by atomic mass is 16.4. The van der Waals surface area contributed by atoms with Crippen molar-refractivity contribution in [1.29, 1.82) is 0 Å². The maximum Gasteiger partial charge on any atom is 0.309 e. The first-order valence-corrected chi connectivity index (χ1v) is 21.8. The van der Waals surface area contributed by atoms with Crippen molar-refractivity contribution in [3.05, 3.63) is 46.6 Å². The van der Waals surface area contributed by atoms with Crippen LogP contribution in [0.15, 0.2) is 46.6 Å². The molecule has 6 rings (SSSR count). The third-order valence-electron chi connectivity index (χ3n) is 16.9. The average molecular weight is 715 g/mol. The Hall–Kier alpha value is -2.10. The van der Waals surface area contributed by atoms with Crippen molar-refractivity contribution in [3.8, 4) is 0 Å². The third kappa shape index (κ3) is 6.98. The van der Waals surface area contributed by atoms with Crippen molar-refractivity contribution in [3.63, 3.8) is 0 Å². The number of rotatable bonds is 11. The molecule has 2 fully saturated rings. The van der Waals surface area contributed by atoms with Gasteiger partial charge in [-0.1, -0.05) is 127 Å². The van der Waals surface area contributed by atoms with Crippen molar-refractivity contribution >= 4 is 11.9 Å². The monoisotopic (exact) mass is 715 g/mol. The Morgan fingerprint density at radius 1 is 0.635 bits per heavy atom. The van der Waals surface area contributed by atoms with Gasteiger partial charge in [0.15, 0.2) is 0 Å². The molecule has 52 heavy (non-hydrogen) atoms. The van der Waals surface area contributed by atoms with Crippen LogP contribution in [0.4, 0.5) is 0 Å². The number of unbranched alkanes of at least 4 members (excludes halogenated alkanes) is 3. The molecule has 0 amide bonds. The van der Waals surface area contributed by atoms with Crippen LogP contribution in [0.1, 0.15) is 171 Å². The van der Waals surface area contributed by atoms with Crippen LogP contribution in [0, 0.1) is 69.0 Å². The third-order valence-corrected chi connectivity index (χ3v) is 16.9. The van der Waals surface area contributed by atoms with Gasteiger partial charge in [-0.05, 0) is 149 Å². The SMILES string of the molecule is CC(C)C1=CC(CCCCCCC2C=C(C(C)C)CCC3C2=CCC2C(C)(C(=O)O)CCCC32C)C2=CCC3C(C)(C(=O)O)CCCC3(C)C2CC1. The molecule has 2 N–H and O–H groups in total. The molecular formula is C48H74O4. The highest BCUT2D eigenvalue weighted by Crippen LogP contribution is 2.64. The van der Waals surface area contributed by atoms with Crippen molar-refractivity contribution < 1.29 is 19.8 Å². The first-order valence-electron chi connectivity index (χ1n) is 21.8. The minimum absolute atomic E-state index is 0.0711. The quantitative estimate of drug-likeness (QED) is 0.165. The minimum atomic E-state index is -0.615. The molecule has 0 aromatic rings. The van der Waals surface area contributed by atoms with Gasteiger partial charge in [-0.25, -0.2) is 0 Å². The Morgan fingerprint density at radius 2 is 1.02 bits per heavy atom. The van der Waals surface area contributed by atoms with Gasteiger partial charge >= 0.3 is 11.9 Å². The molecular weight excluding hydrogens is 641 g/mol. The molecule has 0 spiro atoms. The van der Waals surface area contributed by atoms with Crippen LogP contribution in [0.25, 0.3) is 0 Å². The number of carboxylic acids is 2. The molecule has 0 heterocycles. The lowest BCUT2D eigenvalue weighted by Crippen LogP contribution is -2.53. The highest BCUT2D eigenvalue weighted by molar-refractivity contribution is 5.75. The number of fused-ring (bicyclic) bond motifs is 6. The molecule has 10 atom stereocenters. The molecule has 2 saturated carbocycles. The van der Waals surface area contributed by atoms with Crippen LogP contribution >= 0.6 is 0 Å². The summed E-state index contributed by atoms with van der Waals surface area (Å²) >= 11 is 0. The summed E-state index contributed by atoms with van der Waals surface area (Å²) in [5.74, 6) is 2.38. The normalized spacial score (nSPS) is 40.5. The van der Waals surface area contributed by atoms with E-state index in [1.807, 2.05) is 13.8 Å². The van der Waals surface area contributed by atoms with Crippen LogP contribution in [0.3, 0.4) is 0 Å². The van der Waals surface area contributed by atoms with E-state index in [1.165, 1.54) is 51.4 Å². The topological polar surface area (TPSA) is 74.6 Å². The summed E-state index contributed by atoms with van der Waals surface area (Å²) in [7, 11) is 0. The van der Waals surface area contributed by atoms with Gasteiger partial charge in [-0.2, -0.15) is 0 Å². The summed E-state index contributed by atoms with van der Waals surface area (Å²) < 4.78 is 0. The first kappa shape index (κ1) is 39.6. The fourth-order valence-electron chi connectivity index (χ4n) is 13.6. The molecule has 10 unspecified atom stereocenters. The Balaban J connectivity index is 1.13. The largest absolute Gasteiger partial charge is 0.481 e. The average Bonchev–Trinajstić information content (AvgIpc) is 3.40. The van der Waals surface area contributed by atoms with E-state index in [4.69, 9.17) is 0 Å². The molecule has 6 aliphatic carbocycles.